The number of carbonyl (C=O) groups is 1. The van der Waals surface area contributed by atoms with Crippen LogP contribution in [0.2, 0.25) is 5.02 Å². The lowest BCUT2D eigenvalue weighted by Crippen LogP contribution is -2.31. The molecule has 4 heteroatoms. The Hall–Kier alpha value is -1.06. The Morgan fingerprint density at radius 2 is 2.22 bits per heavy atom. The summed E-state index contributed by atoms with van der Waals surface area (Å²) in [5.74, 6) is 0.0153. The van der Waals surface area contributed by atoms with Crippen LogP contribution in [0.5, 0.6) is 0 Å². The van der Waals surface area contributed by atoms with E-state index in [9.17, 15) is 4.79 Å². The zero-order valence-corrected chi connectivity index (χ0v) is 11.0. The summed E-state index contributed by atoms with van der Waals surface area (Å²) in [7, 11) is 0. The molecule has 1 aliphatic carbocycles. The predicted molar refractivity (Wildman–Crippen MR) is 71.5 cm³/mol. The van der Waals surface area contributed by atoms with Crippen LogP contribution in [0.4, 0.5) is 0 Å². The lowest BCUT2D eigenvalue weighted by atomic mass is 10.0. The molecule has 0 aliphatic heterocycles. The van der Waals surface area contributed by atoms with Crippen molar-refractivity contribution in [3.63, 3.8) is 0 Å². The molecule has 1 fully saturated rings. The summed E-state index contributed by atoms with van der Waals surface area (Å²) in [5.41, 5.74) is 1.09. The predicted octanol–water partition coefficient (Wildman–Crippen LogP) is 2.16. The highest BCUT2D eigenvalue weighted by atomic mass is 35.5. The lowest BCUT2D eigenvalue weighted by Gasteiger charge is -2.14. The van der Waals surface area contributed by atoms with Gasteiger partial charge in [0.25, 0.3) is 0 Å². The molecule has 0 aromatic heterocycles. The minimum Gasteiger partial charge on any atom is -0.396 e. The molecule has 1 aromatic carbocycles. The third-order valence-electron chi connectivity index (χ3n) is 3.51. The average molecular weight is 268 g/mol. The number of aliphatic hydroxyl groups excluding tert-OH is 1. The van der Waals surface area contributed by atoms with Crippen LogP contribution in [0.1, 0.15) is 24.8 Å². The van der Waals surface area contributed by atoms with Gasteiger partial charge in [-0.3, -0.25) is 4.79 Å². The van der Waals surface area contributed by atoms with Crippen molar-refractivity contribution in [2.24, 2.45) is 5.41 Å². The third kappa shape index (κ3) is 3.72. The summed E-state index contributed by atoms with van der Waals surface area (Å²) in [6.45, 7) is 0.872. The number of halogens is 1. The fourth-order valence-corrected chi connectivity index (χ4v) is 2.32. The molecule has 2 N–H and O–H groups in total. The van der Waals surface area contributed by atoms with E-state index in [-0.39, 0.29) is 17.9 Å². The standard InChI is InChI=1S/C14H18ClNO2/c15-12-3-1-2-11(8-12)9-13(18)16-10-14(4-5-14)6-7-17/h1-3,8,17H,4-7,9-10H2,(H,16,18). The molecule has 0 spiro atoms. The van der Waals surface area contributed by atoms with Crippen molar-refractivity contribution in [1.29, 1.82) is 0 Å². The second kappa shape index (κ2) is 5.72. The Morgan fingerprint density at radius 3 is 2.83 bits per heavy atom. The molecule has 2 rings (SSSR count). The molecule has 1 aromatic rings. The third-order valence-corrected chi connectivity index (χ3v) is 3.75. The van der Waals surface area contributed by atoms with E-state index < -0.39 is 0 Å². The van der Waals surface area contributed by atoms with Gasteiger partial charge in [-0.05, 0) is 42.4 Å². The Kier molecular flexibility index (Phi) is 4.25. The average Bonchev–Trinajstić information content (AvgIpc) is 3.08. The number of nitrogens with one attached hydrogen (secondary N) is 1. The molecule has 1 amide bonds. The summed E-state index contributed by atoms with van der Waals surface area (Å²) in [6.07, 6.45) is 3.34. The zero-order chi connectivity index (χ0) is 13.0. The van der Waals surface area contributed by atoms with Crippen LogP contribution < -0.4 is 5.32 Å². The van der Waals surface area contributed by atoms with E-state index in [4.69, 9.17) is 16.7 Å². The van der Waals surface area contributed by atoms with Gasteiger partial charge in [-0.15, -0.1) is 0 Å². The van der Waals surface area contributed by atoms with Gasteiger partial charge in [-0.25, -0.2) is 0 Å². The topological polar surface area (TPSA) is 49.3 Å². The first-order chi connectivity index (χ1) is 8.63. The Balaban J connectivity index is 1.79. The van der Waals surface area contributed by atoms with Crippen molar-refractivity contribution >= 4 is 17.5 Å². The molecule has 3 nitrogen and oxygen atoms in total. The van der Waals surface area contributed by atoms with Crippen LogP contribution in [-0.2, 0) is 11.2 Å². The van der Waals surface area contributed by atoms with Crippen LogP contribution in [0, 0.1) is 5.41 Å². The Labute approximate surface area is 112 Å². The van der Waals surface area contributed by atoms with Crippen LogP contribution in [-0.4, -0.2) is 24.2 Å². The number of aliphatic hydroxyl groups is 1. The van der Waals surface area contributed by atoms with E-state index in [0.717, 1.165) is 24.8 Å². The van der Waals surface area contributed by atoms with Crippen molar-refractivity contribution in [3.05, 3.63) is 34.9 Å². The first kappa shape index (κ1) is 13.4. The molecule has 0 atom stereocenters. The van der Waals surface area contributed by atoms with Gasteiger partial charge in [0.05, 0.1) is 6.42 Å². The van der Waals surface area contributed by atoms with E-state index in [1.165, 1.54) is 0 Å². The second-order valence-corrected chi connectivity index (χ2v) is 5.49. The van der Waals surface area contributed by atoms with Gasteiger partial charge >= 0.3 is 0 Å². The quantitative estimate of drug-likeness (QED) is 0.830. The summed E-state index contributed by atoms with van der Waals surface area (Å²) in [6, 6.07) is 7.34. The van der Waals surface area contributed by atoms with Crippen molar-refractivity contribution in [2.45, 2.75) is 25.7 Å². The Bertz CT molecular complexity index is 430. The molecule has 18 heavy (non-hydrogen) atoms. The van der Waals surface area contributed by atoms with E-state index in [1.807, 2.05) is 18.2 Å². The number of carbonyl (C=O) groups excluding carboxylic acids is 1. The van der Waals surface area contributed by atoms with Gasteiger partial charge in [0.2, 0.25) is 5.91 Å². The number of amides is 1. The van der Waals surface area contributed by atoms with Gasteiger partial charge in [-0.1, -0.05) is 23.7 Å². The largest absolute Gasteiger partial charge is 0.396 e. The highest BCUT2D eigenvalue weighted by molar-refractivity contribution is 6.30. The molecular weight excluding hydrogens is 250 g/mol. The molecule has 1 saturated carbocycles. The first-order valence-electron chi connectivity index (χ1n) is 6.26. The fraction of sp³-hybridized carbons (Fsp3) is 0.500. The first-order valence-corrected chi connectivity index (χ1v) is 6.63. The summed E-state index contributed by atoms with van der Waals surface area (Å²) >= 11 is 5.87. The number of benzene rings is 1. The van der Waals surface area contributed by atoms with Crippen molar-refractivity contribution in [1.82, 2.24) is 5.32 Å². The molecule has 0 bridgehead atoms. The maximum Gasteiger partial charge on any atom is 0.224 e. The van der Waals surface area contributed by atoms with Crippen molar-refractivity contribution in [2.75, 3.05) is 13.2 Å². The molecule has 0 saturated heterocycles. The van der Waals surface area contributed by atoms with E-state index >= 15 is 0 Å². The van der Waals surface area contributed by atoms with Gasteiger partial charge in [0.15, 0.2) is 0 Å². The summed E-state index contributed by atoms with van der Waals surface area (Å²) in [4.78, 5) is 11.8. The maximum atomic E-state index is 11.8. The molecule has 0 heterocycles. The second-order valence-electron chi connectivity index (χ2n) is 5.06. The summed E-state index contributed by atoms with van der Waals surface area (Å²) in [5, 5.41) is 12.5. The lowest BCUT2D eigenvalue weighted by molar-refractivity contribution is -0.120. The van der Waals surface area contributed by atoms with E-state index in [0.29, 0.717) is 18.0 Å². The van der Waals surface area contributed by atoms with E-state index in [2.05, 4.69) is 5.32 Å². The maximum absolute atomic E-state index is 11.8. The van der Waals surface area contributed by atoms with Gasteiger partial charge in [0.1, 0.15) is 0 Å². The summed E-state index contributed by atoms with van der Waals surface area (Å²) < 4.78 is 0. The molecule has 0 unspecified atom stereocenters. The molecular formula is C14H18ClNO2. The van der Waals surface area contributed by atoms with Crippen molar-refractivity contribution in [3.8, 4) is 0 Å². The fourth-order valence-electron chi connectivity index (χ4n) is 2.11. The van der Waals surface area contributed by atoms with Crippen LogP contribution in [0.25, 0.3) is 0 Å². The van der Waals surface area contributed by atoms with Crippen LogP contribution in [0.3, 0.4) is 0 Å². The van der Waals surface area contributed by atoms with E-state index in [1.54, 1.807) is 6.07 Å². The molecule has 0 radical (unpaired) electrons. The SMILES string of the molecule is O=C(Cc1cccc(Cl)c1)NCC1(CCO)CC1. The number of hydrogen-bond donors (Lipinski definition) is 2. The Morgan fingerprint density at radius 1 is 1.44 bits per heavy atom. The van der Waals surface area contributed by atoms with Crippen molar-refractivity contribution < 1.29 is 9.90 Å². The van der Waals surface area contributed by atoms with Crippen LogP contribution in [0.15, 0.2) is 24.3 Å². The highest BCUT2D eigenvalue weighted by Gasteiger charge is 2.41. The van der Waals surface area contributed by atoms with Gasteiger partial charge in [-0.2, -0.15) is 0 Å². The number of rotatable bonds is 6. The monoisotopic (exact) mass is 267 g/mol. The molecule has 98 valence electrons. The smallest absolute Gasteiger partial charge is 0.224 e. The number of hydrogen-bond acceptors (Lipinski definition) is 2. The van der Waals surface area contributed by atoms with Crippen LogP contribution >= 0.6 is 11.6 Å². The van der Waals surface area contributed by atoms with Gasteiger partial charge in [0, 0.05) is 18.2 Å². The molecule has 1 aliphatic rings. The minimum atomic E-state index is 0.0153. The zero-order valence-electron chi connectivity index (χ0n) is 10.3. The minimum absolute atomic E-state index is 0.0153. The highest BCUT2D eigenvalue weighted by Crippen LogP contribution is 2.47. The van der Waals surface area contributed by atoms with Gasteiger partial charge < -0.3 is 10.4 Å². The normalized spacial score (nSPS) is 16.3.